The maximum absolute atomic E-state index is 12.9. The van der Waals surface area contributed by atoms with Crippen molar-refractivity contribution in [1.82, 2.24) is 19.8 Å². The van der Waals surface area contributed by atoms with Gasteiger partial charge in [0.15, 0.2) is 0 Å². The molecule has 1 amide bonds. The average molecular weight is 317 g/mol. The highest BCUT2D eigenvalue weighted by Crippen LogP contribution is 2.37. The highest BCUT2D eigenvalue weighted by Gasteiger charge is 2.41. The van der Waals surface area contributed by atoms with E-state index in [1.807, 2.05) is 43.3 Å². The van der Waals surface area contributed by atoms with Gasteiger partial charge in [0.25, 0.3) is 0 Å². The van der Waals surface area contributed by atoms with Crippen LogP contribution in [-0.4, -0.2) is 65.9 Å². The average Bonchev–Trinajstić information content (AvgIpc) is 3.22. The first-order valence-corrected chi connectivity index (χ1v) is 8.53. The molecule has 1 aliphatic heterocycles. The molecule has 1 saturated carbocycles. The minimum Gasteiger partial charge on any atom is -0.347 e. The molecule has 2 heterocycles. The zero-order valence-electron chi connectivity index (χ0n) is 14.4. The third-order valence-corrected chi connectivity index (χ3v) is 4.74. The first-order valence-electron chi connectivity index (χ1n) is 8.53. The highest BCUT2D eigenvalue weighted by atomic mass is 16.2. The summed E-state index contributed by atoms with van der Waals surface area (Å²) < 4.78 is 0. The highest BCUT2D eigenvalue weighted by molar-refractivity contribution is 5.82. The molecule has 0 spiro atoms. The van der Waals surface area contributed by atoms with E-state index >= 15 is 0 Å². The fraction of sp³-hybridized carbons (Fsp3) is 0.706. The van der Waals surface area contributed by atoms with Gasteiger partial charge in [0.05, 0.1) is 6.04 Å². The lowest BCUT2D eigenvalue weighted by Gasteiger charge is -2.30. The number of amides is 1. The molecule has 2 aliphatic rings. The van der Waals surface area contributed by atoms with E-state index in [1.165, 1.54) is 25.7 Å². The van der Waals surface area contributed by atoms with E-state index in [-0.39, 0.29) is 11.9 Å². The van der Waals surface area contributed by atoms with Crippen molar-refractivity contribution in [3.8, 4) is 0 Å². The second-order valence-electron chi connectivity index (χ2n) is 7.01. The fourth-order valence-corrected chi connectivity index (χ4v) is 3.33. The van der Waals surface area contributed by atoms with Gasteiger partial charge in [0, 0.05) is 45.6 Å². The Morgan fingerprint density at radius 2 is 1.83 bits per heavy atom. The van der Waals surface area contributed by atoms with Crippen LogP contribution in [0.1, 0.15) is 31.2 Å². The van der Waals surface area contributed by atoms with Crippen molar-refractivity contribution in [1.29, 1.82) is 0 Å². The Bertz CT molecular complexity index is 534. The quantitative estimate of drug-likeness (QED) is 0.793. The number of rotatable bonds is 6. The molecule has 1 unspecified atom stereocenters. The summed E-state index contributed by atoms with van der Waals surface area (Å²) in [6.07, 6.45) is 8.46. The van der Waals surface area contributed by atoms with Gasteiger partial charge in [0.2, 0.25) is 11.9 Å². The van der Waals surface area contributed by atoms with Crippen molar-refractivity contribution in [3.63, 3.8) is 0 Å². The van der Waals surface area contributed by atoms with Crippen LogP contribution < -0.4 is 4.90 Å². The lowest BCUT2D eigenvalue weighted by atomic mass is 10.1. The van der Waals surface area contributed by atoms with Gasteiger partial charge in [-0.05, 0) is 44.7 Å². The van der Waals surface area contributed by atoms with Crippen molar-refractivity contribution in [3.05, 3.63) is 18.0 Å². The van der Waals surface area contributed by atoms with Gasteiger partial charge in [-0.1, -0.05) is 0 Å². The van der Waals surface area contributed by atoms with Gasteiger partial charge in [0.1, 0.15) is 0 Å². The second kappa shape index (κ2) is 6.83. The summed E-state index contributed by atoms with van der Waals surface area (Å²) in [7, 11) is 5.73. The Labute approximate surface area is 138 Å². The molecule has 0 N–H and O–H groups in total. The molecule has 1 aliphatic carbocycles. The third-order valence-electron chi connectivity index (χ3n) is 4.74. The fourth-order valence-electron chi connectivity index (χ4n) is 3.33. The lowest BCUT2D eigenvalue weighted by Crippen LogP contribution is -2.47. The molecule has 1 atom stereocenters. The Morgan fingerprint density at radius 3 is 2.35 bits per heavy atom. The first-order chi connectivity index (χ1) is 11.1. The zero-order chi connectivity index (χ0) is 16.4. The second-order valence-corrected chi connectivity index (χ2v) is 7.01. The van der Waals surface area contributed by atoms with Crippen LogP contribution in [0, 0.1) is 5.92 Å². The molecule has 1 aromatic rings. The molecular formula is C17H27N5O. The Morgan fingerprint density at radius 1 is 1.22 bits per heavy atom. The molecule has 0 bridgehead atoms. The van der Waals surface area contributed by atoms with Gasteiger partial charge >= 0.3 is 0 Å². The molecule has 1 saturated heterocycles. The van der Waals surface area contributed by atoms with E-state index in [0.29, 0.717) is 18.4 Å². The zero-order valence-corrected chi connectivity index (χ0v) is 14.4. The van der Waals surface area contributed by atoms with Gasteiger partial charge in [-0.2, -0.15) is 0 Å². The summed E-state index contributed by atoms with van der Waals surface area (Å²) in [6, 6.07) is 0.0875. The molecule has 23 heavy (non-hydrogen) atoms. The van der Waals surface area contributed by atoms with Crippen LogP contribution in [0.5, 0.6) is 0 Å². The summed E-state index contributed by atoms with van der Waals surface area (Å²) in [5.74, 6) is 1.51. The standard InChI is InChI=1S/C17H27N5O/c1-20(2)17-18-10-13(11-19-17)12-21(3)16(23)15(14-6-7-14)22-8-4-5-9-22/h10-11,14-15H,4-9,12H2,1-3H3. The smallest absolute Gasteiger partial charge is 0.240 e. The van der Waals surface area contributed by atoms with Crippen LogP contribution in [-0.2, 0) is 11.3 Å². The van der Waals surface area contributed by atoms with Gasteiger partial charge in [-0.25, -0.2) is 9.97 Å². The molecular weight excluding hydrogens is 290 g/mol. The van der Waals surface area contributed by atoms with E-state index in [9.17, 15) is 4.79 Å². The monoisotopic (exact) mass is 317 g/mol. The van der Waals surface area contributed by atoms with Gasteiger partial charge in [-0.3, -0.25) is 9.69 Å². The van der Waals surface area contributed by atoms with E-state index in [2.05, 4.69) is 14.9 Å². The number of carbonyl (C=O) groups is 1. The summed E-state index contributed by atoms with van der Waals surface area (Å²) in [5, 5.41) is 0. The number of anilines is 1. The molecule has 3 rings (SSSR count). The van der Waals surface area contributed by atoms with E-state index in [4.69, 9.17) is 0 Å². The first kappa shape index (κ1) is 16.2. The van der Waals surface area contributed by atoms with Crippen molar-refractivity contribution in [2.45, 2.75) is 38.3 Å². The summed E-state index contributed by atoms with van der Waals surface area (Å²) >= 11 is 0. The maximum Gasteiger partial charge on any atom is 0.240 e. The predicted molar refractivity (Wildman–Crippen MR) is 90.2 cm³/mol. The number of likely N-dealkylation sites (N-methyl/N-ethyl adjacent to an activating group) is 1. The Kier molecular flexibility index (Phi) is 4.80. The number of aromatic nitrogens is 2. The van der Waals surface area contributed by atoms with Crippen molar-refractivity contribution in [2.24, 2.45) is 5.92 Å². The topological polar surface area (TPSA) is 52.6 Å². The number of nitrogens with zero attached hydrogens (tertiary/aromatic N) is 5. The molecule has 2 fully saturated rings. The van der Waals surface area contributed by atoms with Crippen LogP contribution in [0.2, 0.25) is 0 Å². The maximum atomic E-state index is 12.9. The normalized spacial score (nSPS) is 19.6. The Hall–Kier alpha value is -1.69. The third kappa shape index (κ3) is 3.80. The summed E-state index contributed by atoms with van der Waals surface area (Å²) in [6.45, 7) is 2.71. The molecule has 0 radical (unpaired) electrons. The molecule has 1 aromatic heterocycles. The van der Waals surface area contributed by atoms with Gasteiger partial charge < -0.3 is 9.80 Å². The molecule has 0 aromatic carbocycles. The van der Waals surface area contributed by atoms with Crippen LogP contribution in [0.15, 0.2) is 12.4 Å². The predicted octanol–water partition coefficient (Wildman–Crippen LogP) is 1.38. The van der Waals surface area contributed by atoms with Crippen LogP contribution >= 0.6 is 0 Å². The molecule has 126 valence electrons. The van der Waals surface area contributed by atoms with Crippen molar-refractivity contribution in [2.75, 3.05) is 39.1 Å². The number of carbonyl (C=O) groups excluding carboxylic acids is 1. The lowest BCUT2D eigenvalue weighted by molar-refractivity contribution is -0.136. The van der Waals surface area contributed by atoms with Gasteiger partial charge in [-0.15, -0.1) is 0 Å². The number of likely N-dealkylation sites (tertiary alicyclic amines) is 1. The van der Waals surface area contributed by atoms with E-state index in [0.717, 1.165) is 18.7 Å². The SMILES string of the molecule is CN(Cc1cnc(N(C)C)nc1)C(=O)C(C1CC1)N1CCCC1. The van der Waals surface area contributed by atoms with Crippen LogP contribution in [0.25, 0.3) is 0 Å². The minimum absolute atomic E-state index is 0.0875. The Balaban J connectivity index is 1.63. The number of hydrogen-bond donors (Lipinski definition) is 0. The van der Waals surface area contributed by atoms with Crippen LogP contribution in [0.4, 0.5) is 5.95 Å². The minimum atomic E-state index is 0.0875. The summed E-state index contributed by atoms with van der Waals surface area (Å²) in [5.41, 5.74) is 0.974. The van der Waals surface area contributed by atoms with E-state index < -0.39 is 0 Å². The largest absolute Gasteiger partial charge is 0.347 e. The molecule has 6 nitrogen and oxygen atoms in total. The summed E-state index contributed by atoms with van der Waals surface area (Å²) in [4.78, 5) is 27.7. The van der Waals surface area contributed by atoms with E-state index in [1.54, 1.807) is 0 Å². The number of hydrogen-bond acceptors (Lipinski definition) is 5. The van der Waals surface area contributed by atoms with Crippen LogP contribution in [0.3, 0.4) is 0 Å². The van der Waals surface area contributed by atoms with Crippen molar-refractivity contribution < 1.29 is 4.79 Å². The molecule has 6 heteroatoms. The van der Waals surface area contributed by atoms with Crippen molar-refractivity contribution >= 4 is 11.9 Å².